The zero-order valence-electron chi connectivity index (χ0n) is 20.8. The minimum absolute atomic E-state index is 0.0274. The largest absolute Gasteiger partial charge is 0.495 e. The minimum atomic E-state index is -2.70. The summed E-state index contributed by atoms with van der Waals surface area (Å²) in [5.41, 5.74) is 1.55. The van der Waals surface area contributed by atoms with Gasteiger partial charge in [-0.1, -0.05) is 24.3 Å². The minimum Gasteiger partial charge on any atom is -0.495 e. The van der Waals surface area contributed by atoms with Gasteiger partial charge in [-0.15, -0.1) is 0 Å². The molecule has 1 aliphatic rings. The fourth-order valence-corrected chi connectivity index (χ4v) is 4.16. The van der Waals surface area contributed by atoms with E-state index in [1.165, 1.54) is 36.3 Å². The van der Waals surface area contributed by atoms with E-state index in [1.54, 1.807) is 48.5 Å². The van der Waals surface area contributed by atoms with Gasteiger partial charge in [-0.05, 0) is 66.9 Å². The highest BCUT2D eigenvalue weighted by Gasteiger charge is 2.48. The number of aromatic carboxylic acids is 1. The van der Waals surface area contributed by atoms with Crippen LogP contribution < -0.4 is 20.1 Å². The number of Topliss-reactive ketones (excluding diaryl/α,β-unsaturated/α-hetero) is 1. The molecule has 1 aliphatic heterocycles. The van der Waals surface area contributed by atoms with Crippen LogP contribution in [0, 0.1) is 0 Å². The summed E-state index contributed by atoms with van der Waals surface area (Å²) in [4.78, 5) is 38.0. The Labute approximate surface area is 219 Å². The first-order valence-corrected chi connectivity index (χ1v) is 12.1. The van der Waals surface area contributed by atoms with Gasteiger partial charge in [-0.3, -0.25) is 4.79 Å². The number of rotatable bonds is 10. The van der Waals surface area contributed by atoms with Crippen molar-refractivity contribution in [3.05, 3.63) is 83.9 Å². The molecule has 1 fully saturated rings. The molecule has 0 aromatic heterocycles. The predicted octanol–water partition coefficient (Wildman–Crippen LogP) is 4.95. The van der Waals surface area contributed by atoms with Crippen molar-refractivity contribution in [3.63, 3.8) is 0 Å². The summed E-state index contributed by atoms with van der Waals surface area (Å²) in [5, 5.41) is 14.5. The summed E-state index contributed by atoms with van der Waals surface area (Å²) in [6.07, 6.45) is 1.23. The zero-order valence-corrected chi connectivity index (χ0v) is 20.8. The summed E-state index contributed by atoms with van der Waals surface area (Å²) in [6.45, 7) is 0.721. The Morgan fingerprint density at radius 3 is 2.24 bits per heavy atom. The second kappa shape index (κ2) is 11.7. The van der Waals surface area contributed by atoms with Crippen molar-refractivity contribution in [2.75, 3.05) is 30.8 Å². The van der Waals surface area contributed by atoms with E-state index in [4.69, 9.17) is 14.6 Å². The van der Waals surface area contributed by atoms with Gasteiger partial charge in [-0.25, -0.2) is 14.5 Å². The maximum Gasteiger partial charge on any atom is 0.371 e. The number of nitrogens with one attached hydrogen (secondary N) is 2. The number of anilines is 2. The maximum atomic E-state index is 16.2. The van der Waals surface area contributed by atoms with E-state index in [0.29, 0.717) is 35.8 Å². The van der Waals surface area contributed by atoms with E-state index in [9.17, 15) is 14.4 Å². The number of hydrogen-bond donors (Lipinski definition) is 3. The summed E-state index contributed by atoms with van der Waals surface area (Å²) in [7, 11) is 1.51. The number of halogens is 1. The number of para-hydroxylation sites is 2. The van der Waals surface area contributed by atoms with Gasteiger partial charge in [0, 0.05) is 25.2 Å². The van der Waals surface area contributed by atoms with Crippen LogP contribution in [-0.2, 0) is 11.2 Å². The number of carboxylic acid groups (broad SMARTS) is 1. The van der Waals surface area contributed by atoms with Crippen LogP contribution in [0.3, 0.4) is 0 Å². The summed E-state index contributed by atoms with van der Waals surface area (Å²) >= 11 is 0. The number of urea groups is 1. The standard InChI is InChI=1S/C28H28FN3O6/c1-37-24-7-3-2-6-23(24)31-27(36)30-21-12-8-19(9-13-21)18-25(33)28(29,32-16-4-5-17-32)38-22-14-10-20(11-15-22)26(34)35/h2-3,6-15H,4-5,16-18H2,1H3,(H,34,35)(H2,30,31,36). The first kappa shape index (κ1) is 26.6. The topological polar surface area (TPSA) is 117 Å². The lowest BCUT2D eigenvalue weighted by Crippen LogP contribution is -2.55. The molecular formula is C28H28FN3O6. The first-order valence-electron chi connectivity index (χ1n) is 12.1. The number of alkyl halides is 1. The van der Waals surface area contributed by atoms with Crippen LogP contribution in [0.15, 0.2) is 72.8 Å². The smallest absolute Gasteiger partial charge is 0.371 e. The van der Waals surface area contributed by atoms with Gasteiger partial charge in [0.15, 0.2) is 0 Å². The first-order chi connectivity index (χ1) is 18.3. The number of hydrogen-bond acceptors (Lipinski definition) is 6. The van der Waals surface area contributed by atoms with Crippen LogP contribution in [0.25, 0.3) is 0 Å². The molecule has 3 aromatic carbocycles. The van der Waals surface area contributed by atoms with E-state index in [0.717, 1.165) is 12.8 Å². The van der Waals surface area contributed by atoms with E-state index in [1.807, 2.05) is 0 Å². The highest BCUT2D eigenvalue weighted by molar-refractivity contribution is 6.00. The van der Waals surface area contributed by atoms with Gasteiger partial charge in [0.25, 0.3) is 0 Å². The van der Waals surface area contributed by atoms with Crippen LogP contribution in [0.4, 0.5) is 20.6 Å². The van der Waals surface area contributed by atoms with Crippen LogP contribution in [0.1, 0.15) is 28.8 Å². The normalized spacial score (nSPS) is 14.8. The van der Waals surface area contributed by atoms with E-state index in [2.05, 4.69) is 10.6 Å². The van der Waals surface area contributed by atoms with Gasteiger partial charge in [0.05, 0.1) is 18.4 Å². The van der Waals surface area contributed by atoms with Crippen molar-refractivity contribution in [3.8, 4) is 11.5 Å². The third kappa shape index (κ3) is 6.27. The zero-order chi connectivity index (χ0) is 27.1. The molecule has 0 spiro atoms. The highest BCUT2D eigenvalue weighted by Crippen LogP contribution is 2.30. The van der Waals surface area contributed by atoms with Crippen molar-refractivity contribution in [1.29, 1.82) is 0 Å². The molecule has 0 aliphatic carbocycles. The Bertz CT molecular complexity index is 1290. The molecule has 9 nitrogen and oxygen atoms in total. The fourth-order valence-electron chi connectivity index (χ4n) is 4.16. The SMILES string of the molecule is COc1ccccc1NC(=O)Nc1ccc(CC(=O)C(F)(Oc2ccc(C(=O)O)cc2)N2CCCC2)cc1. The lowest BCUT2D eigenvalue weighted by molar-refractivity contribution is -0.191. The van der Waals surface area contributed by atoms with E-state index in [-0.39, 0.29) is 17.7 Å². The fraction of sp³-hybridized carbons (Fsp3) is 0.250. The lowest BCUT2D eigenvalue weighted by atomic mass is 10.1. The Kier molecular flexibility index (Phi) is 8.22. The maximum absolute atomic E-state index is 16.2. The van der Waals surface area contributed by atoms with Gasteiger partial charge < -0.3 is 25.2 Å². The third-order valence-corrected chi connectivity index (χ3v) is 6.14. The lowest BCUT2D eigenvalue weighted by Gasteiger charge is -2.33. The molecule has 3 N–H and O–H groups in total. The predicted molar refractivity (Wildman–Crippen MR) is 139 cm³/mol. The number of ketones is 1. The van der Waals surface area contributed by atoms with Gasteiger partial charge >= 0.3 is 18.0 Å². The van der Waals surface area contributed by atoms with Crippen molar-refractivity contribution < 1.29 is 33.4 Å². The highest BCUT2D eigenvalue weighted by atomic mass is 19.2. The average molecular weight is 522 g/mol. The number of carboxylic acids is 1. The van der Waals surface area contributed by atoms with Gasteiger partial charge in [-0.2, -0.15) is 4.39 Å². The molecule has 10 heteroatoms. The Balaban J connectivity index is 1.42. The average Bonchev–Trinajstić information content (AvgIpc) is 3.46. The number of likely N-dealkylation sites (tertiary alicyclic amines) is 1. The molecule has 1 saturated heterocycles. The molecule has 3 aromatic rings. The van der Waals surface area contributed by atoms with Gasteiger partial charge in [0.1, 0.15) is 11.5 Å². The number of ether oxygens (including phenoxy) is 2. The molecule has 38 heavy (non-hydrogen) atoms. The van der Waals surface area contributed by atoms with Crippen LogP contribution >= 0.6 is 0 Å². The Morgan fingerprint density at radius 2 is 1.61 bits per heavy atom. The van der Waals surface area contributed by atoms with Crippen LogP contribution in [0.2, 0.25) is 0 Å². The Hall–Kier alpha value is -4.44. The molecule has 1 atom stereocenters. The Morgan fingerprint density at radius 1 is 0.947 bits per heavy atom. The summed E-state index contributed by atoms with van der Waals surface area (Å²) in [5.74, 6) is -4.03. The van der Waals surface area contributed by atoms with Crippen molar-refractivity contribution >= 4 is 29.2 Å². The van der Waals surface area contributed by atoms with Crippen molar-refractivity contribution in [2.45, 2.75) is 25.2 Å². The molecule has 4 rings (SSSR count). The van der Waals surface area contributed by atoms with E-state index >= 15 is 4.39 Å². The quantitative estimate of drug-likeness (QED) is 0.323. The number of methoxy groups -OCH3 is 1. The molecule has 1 heterocycles. The van der Waals surface area contributed by atoms with Crippen LogP contribution in [0.5, 0.6) is 11.5 Å². The number of carbonyl (C=O) groups is 3. The van der Waals surface area contributed by atoms with Crippen LogP contribution in [-0.4, -0.2) is 54.0 Å². The second-order valence-electron chi connectivity index (χ2n) is 8.76. The van der Waals surface area contributed by atoms with Crippen molar-refractivity contribution in [2.24, 2.45) is 0 Å². The molecule has 0 saturated carbocycles. The molecule has 0 bridgehead atoms. The molecular weight excluding hydrogens is 493 g/mol. The molecule has 1 unspecified atom stereocenters. The number of amides is 2. The van der Waals surface area contributed by atoms with Crippen molar-refractivity contribution in [1.82, 2.24) is 4.90 Å². The third-order valence-electron chi connectivity index (χ3n) is 6.14. The summed E-state index contributed by atoms with van der Waals surface area (Å²) < 4.78 is 27.0. The monoisotopic (exact) mass is 521 g/mol. The summed E-state index contributed by atoms with van der Waals surface area (Å²) in [6, 6.07) is 18.3. The molecule has 198 valence electrons. The molecule has 2 amide bonds. The number of carbonyl (C=O) groups excluding carboxylic acids is 2. The molecule has 0 radical (unpaired) electrons. The number of benzene rings is 3. The second-order valence-corrected chi connectivity index (χ2v) is 8.76. The number of nitrogens with zero attached hydrogens (tertiary/aromatic N) is 1. The van der Waals surface area contributed by atoms with Gasteiger partial charge in [0.2, 0.25) is 5.78 Å². The van der Waals surface area contributed by atoms with E-state index < -0.39 is 23.8 Å².